The number of hydrogen-bond acceptors (Lipinski definition) is 2. The minimum absolute atomic E-state index is 0. The second-order valence-electron chi connectivity index (χ2n) is 9.32. The molecule has 0 bridgehead atoms. The molecule has 0 aromatic carbocycles. The molecule has 2 nitrogen and oxygen atoms in total. The van der Waals surface area contributed by atoms with E-state index in [1.54, 1.807) is 0 Å². The van der Waals surface area contributed by atoms with Crippen LogP contribution in [0.4, 0.5) is 0 Å². The quantitative estimate of drug-likeness (QED) is 0.423. The van der Waals surface area contributed by atoms with Gasteiger partial charge in [-0.15, -0.1) is 0 Å². The van der Waals surface area contributed by atoms with Crippen molar-refractivity contribution in [1.82, 2.24) is 9.80 Å². The van der Waals surface area contributed by atoms with Crippen LogP contribution in [0.25, 0.3) is 0 Å². The Morgan fingerprint density at radius 1 is 0.680 bits per heavy atom. The number of nitrogens with zero attached hydrogens (tertiary/aromatic N) is 2. The molecule has 2 fully saturated rings. The van der Waals surface area contributed by atoms with Crippen molar-refractivity contribution in [2.45, 2.75) is 70.1 Å². The molecule has 2 aliphatic rings. The summed E-state index contributed by atoms with van der Waals surface area (Å²) >= 11 is 0. The van der Waals surface area contributed by atoms with Crippen LogP contribution < -0.4 is 0 Å². The van der Waals surface area contributed by atoms with E-state index in [-0.39, 0.29) is 31.9 Å². The fourth-order valence-electron chi connectivity index (χ4n) is 4.32. The van der Waals surface area contributed by atoms with Gasteiger partial charge in [0.15, 0.2) is 0 Å². The van der Waals surface area contributed by atoms with E-state index in [2.05, 4.69) is 57.6 Å². The number of hydrogen-bond donors (Lipinski definition) is 0. The summed E-state index contributed by atoms with van der Waals surface area (Å²) < 4.78 is 0. The molecule has 0 aliphatic heterocycles. The van der Waals surface area contributed by atoms with E-state index in [0.717, 1.165) is 17.4 Å². The van der Waals surface area contributed by atoms with Gasteiger partial charge in [-0.05, 0) is 58.4 Å². The van der Waals surface area contributed by atoms with E-state index in [4.69, 9.17) is 0 Å². The summed E-state index contributed by atoms with van der Waals surface area (Å²) in [6, 6.07) is 0. The molecular formula is C21H48FeN2Si. The van der Waals surface area contributed by atoms with E-state index >= 15 is 0 Å². The molecule has 0 amide bonds. The molecule has 25 heavy (non-hydrogen) atoms. The van der Waals surface area contributed by atoms with Crippen molar-refractivity contribution < 1.29 is 17.1 Å². The van der Waals surface area contributed by atoms with Gasteiger partial charge in [-0.25, -0.2) is 0 Å². The van der Waals surface area contributed by atoms with Crippen molar-refractivity contribution in [2.24, 2.45) is 11.8 Å². The van der Waals surface area contributed by atoms with Gasteiger partial charge >= 0.3 is 17.1 Å². The van der Waals surface area contributed by atoms with E-state index in [0.29, 0.717) is 0 Å². The van der Waals surface area contributed by atoms with Gasteiger partial charge in [0, 0.05) is 21.2 Å². The third-order valence-electron chi connectivity index (χ3n) is 5.60. The van der Waals surface area contributed by atoms with Gasteiger partial charge in [0.25, 0.3) is 0 Å². The predicted octanol–water partition coefficient (Wildman–Crippen LogP) is 5.69. The largest absolute Gasteiger partial charge is 2.00 e. The van der Waals surface area contributed by atoms with E-state index < -0.39 is 8.07 Å². The second kappa shape index (κ2) is 14.7. The Bertz CT molecular complexity index is 281. The molecule has 4 heteroatoms. The average molecular weight is 413 g/mol. The molecule has 0 heterocycles. The van der Waals surface area contributed by atoms with Gasteiger partial charge in [0.1, 0.15) is 0 Å². The fraction of sp³-hybridized carbons (Fsp3) is 0.905. The minimum atomic E-state index is -0.724. The monoisotopic (exact) mass is 412 g/mol. The summed E-state index contributed by atoms with van der Waals surface area (Å²) in [6.07, 6.45) is 10.4. The normalized spacial score (nSPS) is 23.4. The van der Waals surface area contributed by atoms with Crippen molar-refractivity contribution >= 4 is 8.07 Å². The molecule has 2 rings (SSSR count). The third kappa shape index (κ3) is 12.6. The molecule has 0 radical (unpaired) electrons. The maximum Gasteiger partial charge on any atom is 2.00 e. The average Bonchev–Trinajstić information content (AvgIpc) is 3.00. The summed E-state index contributed by atoms with van der Waals surface area (Å²) in [4.78, 5) is 4.66. The van der Waals surface area contributed by atoms with E-state index in [1.807, 2.05) is 0 Å². The van der Waals surface area contributed by atoms with Crippen LogP contribution >= 0.6 is 0 Å². The summed E-state index contributed by atoms with van der Waals surface area (Å²) in [7, 11) is 8.02. The van der Waals surface area contributed by atoms with Crippen molar-refractivity contribution in [3.8, 4) is 0 Å². The van der Waals surface area contributed by atoms with E-state index in [9.17, 15) is 0 Å². The smallest absolute Gasteiger partial charge is 0.358 e. The zero-order valence-corrected chi connectivity index (χ0v) is 20.9. The van der Waals surface area contributed by atoms with Gasteiger partial charge in [-0.3, -0.25) is 0 Å². The van der Waals surface area contributed by atoms with Crippen LogP contribution in [0.3, 0.4) is 0 Å². The Kier molecular flexibility index (Phi) is 17.8. The van der Waals surface area contributed by atoms with Crippen LogP contribution in [0, 0.1) is 26.7 Å². The Hall–Kier alpha value is 0.656. The maximum atomic E-state index is 2.50. The Labute approximate surface area is 173 Å². The fourth-order valence-corrected chi connectivity index (χ4v) is 6.46. The van der Waals surface area contributed by atoms with Crippen LogP contribution in [-0.4, -0.2) is 59.2 Å². The zero-order valence-electron chi connectivity index (χ0n) is 18.8. The van der Waals surface area contributed by atoms with Crippen molar-refractivity contribution in [3.63, 3.8) is 0 Å². The summed E-state index contributed by atoms with van der Waals surface area (Å²) in [5, 5.41) is 0. The van der Waals surface area contributed by atoms with Gasteiger partial charge in [-0.2, -0.15) is 0 Å². The topological polar surface area (TPSA) is 6.48 Å². The predicted molar refractivity (Wildman–Crippen MR) is 116 cm³/mol. The molecule has 2 unspecified atom stereocenters. The number of rotatable bonds is 5. The molecule has 0 N–H and O–H groups in total. The minimum Gasteiger partial charge on any atom is -0.358 e. The van der Waals surface area contributed by atoms with Crippen molar-refractivity contribution in [2.75, 3.05) is 41.3 Å². The summed E-state index contributed by atoms with van der Waals surface area (Å²) in [5.41, 5.74) is 1.15. The first-order valence-corrected chi connectivity index (χ1v) is 13.1. The Morgan fingerprint density at radius 2 is 1.04 bits per heavy atom. The van der Waals surface area contributed by atoms with Crippen LogP contribution in [0.1, 0.15) is 44.9 Å². The molecule has 0 aromatic heterocycles. The Balaban J connectivity index is -0.000000362. The SMILES string of the molecule is CN(C)CC1CCCC1CN(C)C.C[Si](C)(C)C1CCCC1.[CH3-].[CH3-].[Fe+2]. The van der Waals surface area contributed by atoms with Crippen LogP contribution in [0.5, 0.6) is 0 Å². The molecule has 2 aliphatic carbocycles. The first kappa shape index (κ1) is 30.4. The van der Waals surface area contributed by atoms with Gasteiger partial charge in [0.05, 0.1) is 0 Å². The Morgan fingerprint density at radius 3 is 1.28 bits per heavy atom. The maximum absolute atomic E-state index is 2.50. The molecule has 2 saturated carbocycles. The zero-order chi connectivity index (χ0) is 16.8. The molecule has 2 atom stereocenters. The second-order valence-corrected chi connectivity index (χ2v) is 14.9. The van der Waals surface area contributed by atoms with Crippen molar-refractivity contribution in [1.29, 1.82) is 0 Å². The van der Waals surface area contributed by atoms with Crippen LogP contribution in [0.15, 0.2) is 0 Å². The third-order valence-corrected chi connectivity index (χ3v) is 8.62. The van der Waals surface area contributed by atoms with Gasteiger partial charge in [-0.1, -0.05) is 51.7 Å². The van der Waals surface area contributed by atoms with Crippen molar-refractivity contribution in [3.05, 3.63) is 14.9 Å². The summed E-state index contributed by atoms with van der Waals surface area (Å²) in [5.74, 6) is 1.88. The first-order chi connectivity index (χ1) is 10.2. The molecule has 154 valence electrons. The first-order valence-electron chi connectivity index (χ1n) is 9.49. The van der Waals surface area contributed by atoms with Gasteiger partial charge in [0.2, 0.25) is 0 Å². The van der Waals surface area contributed by atoms with Crippen LogP contribution in [0.2, 0.25) is 25.2 Å². The molecule has 0 aromatic rings. The van der Waals surface area contributed by atoms with Crippen LogP contribution in [-0.2, 0) is 17.1 Å². The van der Waals surface area contributed by atoms with E-state index in [1.165, 1.54) is 58.0 Å². The summed E-state index contributed by atoms with van der Waals surface area (Å²) in [6.45, 7) is 10.1. The standard InChI is InChI=1S/C11H24N2.C8H18Si.2CH3.Fe/c1-12(2)8-10-6-5-7-11(10)9-13(3)4;1-9(2,3)8-6-4-5-7-8;;;/h10-11H,5-9H2,1-4H3;8H,4-7H2,1-3H3;2*1H3;/q;;2*-1;+2. The molecular weight excluding hydrogens is 364 g/mol. The molecule has 0 saturated heterocycles. The molecule has 0 spiro atoms. The van der Waals surface area contributed by atoms with Gasteiger partial charge < -0.3 is 24.7 Å².